The van der Waals surface area contributed by atoms with Crippen molar-refractivity contribution in [3.63, 3.8) is 0 Å². The van der Waals surface area contributed by atoms with Gasteiger partial charge < -0.3 is 4.79 Å². The summed E-state index contributed by atoms with van der Waals surface area (Å²) in [5, 5.41) is 0. The summed E-state index contributed by atoms with van der Waals surface area (Å²) in [6.45, 7) is 0. The Bertz CT molecular complexity index is 171. The van der Waals surface area contributed by atoms with Crippen LogP contribution in [0.5, 0.6) is 0 Å². The molecule has 4 atom stereocenters. The fourth-order valence-corrected chi connectivity index (χ4v) is 3.58. The van der Waals surface area contributed by atoms with E-state index < -0.39 is 0 Å². The quantitative estimate of drug-likeness (QED) is 0.499. The summed E-state index contributed by atoms with van der Waals surface area (Å²) < 4.78 is 0. The molecule has 0 saturated heterocycles. The molecule has 0 aromatic rings. The maximum absolute atomic E-state index is 10.5. The van der Waals surface area contributed by atoms with Gasteiger partial charge in [0.2, 0.25) is 0 Å². The first-order valence-electron chi connectivity index (χ1n) is 4.37. The normalized spacial score (nSPS) is 62.2. The highest BCUT2D eigenvalue weighted by atomic mass is 16.1. The molecule has 0 aromatic heterocycles. The molecule has 0 heterocycles. The zero-order chi connectivity index (χ0) is 6.72. The minimum absolute atomic E-state index is 0.506. The second-order valence-corrected chi connectivity index (χ2v) is 4.20. The molecular formula is C9H12O. The van der Waals surface area contributed by atoms with Crippen molar-refractivity contribution in [1.29, 1.82) is 0 Å². The van der Waals surface area contributed by atoms with E-state index in [1.165, 1.54) is 25.5 Å². The van der Waals surface area contributed by atoms with Crippen LogP contribution in [-0.4, -0.2) is 6.29 Å². The fourth-order valence-electron chi connectivity index (χ4n) is 3.58. The third-order valence-corrected chi connectivity index (χ3v) is 3.95. The summed E-state index contributed by atoms with van der Waals surface area (Å²) in [5.74, 6) is 4.15. The number of aldehydes is 1. The van der Waals surface area contributed by atoms with Gasteiger partial charge in [-0.2, -0.15) is 0 Å². The SMILES string of the molecule is O=CC1C2C3CCC(C3)C12. The molecule has 3 fully saturated rings. The molecule has 0 amide bonds. The monoisotopic (exact) mass is 136 g/mol. The Kier molecular flexibility index (Phi) is 0.781. The molecule has 0 radical (unpaired) electrons. The summed E-state index contributed by atoms with van der Waals surface area (Å²) >= 11 is 0. The van der Waals surface area contributed by atoms with Crippen molar-refractivity contribution in [1.82, 2.24) is 0 Å². The lowest BCUT2D eigenvalue weighted by molar-refractivity contribution is -0.109. The predicted molar refractivity (Wildman–Crippen MR) is 37.4 cm³/mol. The van der Waals surface area contributed by atoms with Crippen LogP contribution in [0.2, 0.25) is 0 Å². The van der Waals surface area contributed by atoms with Crippen LogP contribution < -0.4 is 0 Å². The molecular weight excluding hydrogens is 124 g/mol. The Morgan fingerprint density at radius 3 is 2.20 bits per heavy atom. The molecule has 54 valence electrons. The van der Waals surface area contributed by atoms with Crippen molar-refractivity contribution in [3.05, 3.63) is 0 Å². The Morgan fingerprint density at radius 2 is 1.70 bits per heavy atom. The van der Waals surface area contributed by atoms with Gasteiger partial charge in [-0.3, -0.25) is 0 Å². The minimum atomic E-state index is 0.506. The van der Waals surface area contributed by atoms with E-state index in [-0.39, 0.29) is 0 Å². The average Bonchev–Trinajstić information content (AvgIpc) is 2.36. The molecule has 3 aliphatic carbocycles. The standard InChI is InChI=1S/C9H12O/c10-4-7-8-5-1-2-6(3-5)9(7)8/h4-9H,1-3H2. The van der Waals surface area contributed by atoms with Gasteiger partial charge in [-0.25, -0.2) is 0 Å². The smallest absolute Gasteiger partial charge is 0.123 e. The van der Waals surface area contributed by atoms with E-state index in [4.69, 9.17) is 0 Å². The second-order valence-electron chi connectivity index (χ2n) is 4.20. The first-order valence-corrected chi connectivity index (χ1v) is 4.37. The Hall–Kier alpha value is -0.330. The first kappa shape index (κ1) is 5.34. The molecule has 0 aromatic carbocycles. The predicted octanol–water partition coefficient (Wildman–Crippen LogP) is 1.48. The van der Waals surface area contributed by atoms with Gasteiger partial charge in [-0.15, -0.1) is 0 Å². The van der Waals surface area contributed by atoms with E-state index in [0.717, 1.165) is 23.7 Å². The maximum Gasteiger partial charge on any atom is 0.123 e. The van der Waals surface area contributed by atoms with Gasteiger partial charge in [-0.1, -0.05) is 0 Å². The van der Waals surface area contributed by atoms with E-state index in [1.54, 1.807) is 0 Å². The highest BCUT2D eigenvalue weighted by molar-refractivity contribution is 5.60. The summed E-state index contributed by atoms with van der Waals surface area (Å²) in [4.78, 5) is 10.5. The van der Waals surface area contributed by atoms with Crippen molar-refractivity contribution in [2.24, 2.45) is 29.6 Å². The van der Waals surface area contributed by atoms with E-state index >= 15 is 0 Å². The lowest BCUT2D eigenvalue weighted by atomic mass is 10.0. The molecule has 0 N–H and O–H groups in total. The Balaban J connectivity index is 1.90. The van der Waals surface area contributed by atoms with Crippen LogP contribution in [0.25, 0.3) is 0 Å². The molecule has 4 unspecified atom stereocenters. The number of carbonyl (C=O) groups is 1. The lowest BCUT2D eigenvalue weighted by Gasteiger charge is -2.04. The van der Waals surface area contributed by atoms with E-state index in [1.807, 2.05) is 0 Å². The van der Waals surface area contributed by atoms with Crippen molar-refractivity contribution in [2.45, 2.75) is 19.3 Å². The number of hydrogen-bond acceptors (Lipinski definition) is 1. The summed E-state index contributed by atoms with van der Waals surface area (Å²) in [6.07, 6.45) is 5.52. The van der Waals surface area contributed by atoms with Crippen LogP contribution in [0.3, 0.4) is 0 Å². The topological polar surface area (TPSA) is 17.1 Å². The van der Waals surface area contributed by atoms with Gasteiger partial charge >= 0.3 is 0 Å². The van der Waals surface area contributed by atoms with Crippen LogP contribution in [0.15, 0.2) is 0 Å². The maximum atomic E-state index is 10.5. The largest absolute Gasteiger partial charge is 0.303 e. The van der Waals surface area contributed by atoms with Crippen LogP contribution in [0.4, 0.5) is 0 Å². The Morgan fingerprint density at radius 1 is 1.10 bits per heavy atom. The Labute approximate surface area is 60.8 Å². The third-order valence-electron chi connectivity index (χ3n) is 3.95. The van der Waals surface area contributed by atoms with Crippen molar-refractivity contribution in [2.75, 3.05) is 0 Å². The third kappa shape index (κ3) is 0.415. The van der Waals surface area contributed by atoms with Gasteiger partial charge in [0.15, 0.2) is 0 Å². The minimum Gasteiger partial charge on any atom is -0.303 e. The molecule has 10 heavy (non-hydrogen) atoms. The summed E-state index contributed by atoms with van der Waals surface area (Å²) in [7, 11) is 0. The van der Waals surface area contributed by atoms with Gasteiger partial charge in [-0.05, 0) is 42.9 Å². The fraction of sp³-hybridized carbons (Fsp3) is 0.889. The number of carbonyl (C=O) groups excluding carboxylic acids is 1. The molecule has 1 nitrogen and oxygen atoms in total. The summed E-state index contributed by atoms with van der Waals surface area (Å²) in [6, 6.07) is 0. The summed E-state index contributed by atoms with van der Waals surface area (Å²) in [5.41, 5.74) is 0. The van der Waals surface area contributed by atoms with Crippen LogP contribution >= 0.6 is 0 Å². The van der Waals surface area contributed by atoms with Crippen LogP contribution in [-0.2, 0) is 4.79 Å². The van der Waals surface area contributed by atoms with Crippen molar-refractivity contribution >= 4 is 6.29 Å². The molecule has 3 rings (SSSR count). The van der Waals surface area contributed by atoms with Gasteiger partial charge in [0.25, 0.3) is 0 Å². The molecule has 3 aliphatic rings. The van der Waals surface area contributed by atoms with E-state index in [2.05, 4.69) is 0 Å². The molecule has 2 bridgehead atoms. The van der Waals surface area contributed by atoms with Crippen molar-refractivity contribution in [3.8, 4) is 0 Å². The zero-order valence-electron chi connectivity index (χ0n) is 5.99. The lowest BCUT2D eigenvalue weighted by Crippen LogP contribution is -1.97. The van der Waals surface area contributed by atoms with E-state index in [0.29, 0.717) is 5.92 Å². The molecule has 0 aliphatic heterocycles. The van der Waals surface area contributed by atoms with Gasteiger partial charge in [0.1, 0.15) is 6.29 Å². The second kappa shape index (κ2) is 1.46. The van der Waals surface area contributed by atoms with Crippen LogP contribution in [0.1, 0.15) is 19.3 Å². The highest BCUT2D eigenvalue weighted by Crippen LogP contribution is 2.68. The van der Waals surface area contributed by atoms with Gasteiger partial charge in [0.05, 0.1) is 0 Å². The van der Waals surface area contributed by atoms with Crippen molar-refractivity contribution < 1.29 is 4.79 Å². The number of rotatable bonds is 1. The first-order chi connectivity index (χ1) is 4.92. The average molecular weight is 136 g/mol. The highest BCUT2D eigenvalue weighted by Gasteiger charge is 2.64. The van der Waals surface area contributed by atoms with E-state index in [9.17, 15) is 4.79 Å². The molecule has 3 saturated carbocycles. The number of fused-ring (bicyclic) bond motifs is 5. The zero-order valence-corrected chi connectivity index (χ0v) is 5.99. The number of hydrogen-bond donors (Lipinski definition) is 0. The van der Waals surface area contributed by atoms with Gasteiger partial charge in [0, 0.05) is 5.92 Å². The molecule has 1 heteroatoms. The van der Waals surface area contributed by atoms with Crippen LogP contribution in [0, 0.1) is 29.6 Å². The molecule has 0 spiro atoms.